The fraction of sp³-hybridized carbons (Fsp3) is 0.462. The van der Waals surface area contributed by atoms with Gasteiger partial charge in [-0.2, -0.15) is 0 Å². The van der Waals surface area contributed by atoms with Gasteiger partial charge in [0.15, 0.2) is 18.1 Å². The fourth-order valence-corrected chi connectivity index (χ4v) is 1.28. The van der Waals surface area contributed by atoms with Gasteiger partial charge in [0.1, 0.15) is 0 Å². The van der Waals surface area contributed by atoms with Gasteiger partial charge in [-0.3, -0.25) is 0 Å². The van der Waals surface area contributed by atoms with Crippen LogP contribution in [-0.4, -0.2) is 25.3 Å². The van der Waals surface area contributed by atoms with E-state index in [2.05, 4.69) is 0 Å². The molecule has 0 heterocycles. The Labute approximate surface area is 101 Å². The molecule has 0 saturated heterocycles. The van der Waals surface area contributed by atoms with Crippen molar-refractivity contribution in [3.8, 4) is 11.5 Å². The maximum absolute atomic E-state index is 11.3. The predicted octanol–water partition coefficient (Wildman–Crippen LogP) is 2.42. The summed E-state index contributed by atoms with van der Waals surface area (Å²) in [6, 6.07) is 7.23. The van der Waals surface area contributed by atoms with Crippen LogP contribution >= 0.6 is 0 Å². The Morgan fingerprint density at radius 1 is 1.18 bits per heavy atom. The first-order valence-corrected chi connectivity index (χ1v) is 5.67. The standard InChI is InChI=1S/C13H18O4/c1-4-15-11-7-5-6-8-12(11)16-9-13(14)17-10(2)3/h5-8,10H,4,9H2,1-3H3. The van der Waals surface area contributed by atoms with Crippen LogP contribution in [0.15, 0.2) is 24.3 Å². The van der Waals surface area contributed by atoms with Crippen LogP contribution < -0.4 is 9.47 Å². The molecule has 0 aliphatic carbocycles. The minimum absolute atomic E-state index is 0.109. The topological polar surface area (TPSA) is 44.8 Å². The molecule has 0 fully saturated rings. The highest BCUT2D eigenvalue weighted by atomic mass is 16.6. The molecule has 0 aromatic heterocycles. The molecule has 0 saturated carbocycles. The second-order valence-electron chi connectivity index (χ2n) is 3.71. The zero-order chi connectivity index (χ0) is 12.7. The summed E-state index contributed by atoms with van der Waals surface area (Å²) in [5.41, 5.74) is 0. The van der Waals surface area contributed by atoms with Gasteiger partial charge in [-0.05, 0) is 32.9 Å². The minimum Gasteiger partial charge on any atom is -0.490 e. The third kappa shape index (κ3) is 4.76. The largest absolute Gasteiger partial charge is 0.490 e. The van der Waals surface area contributed by atoms with E-state index >= 15 is 0 Å². The van der Waals surface area contributed by atoms with E-state index in [0.29, 0.717) is 18.1 Å². The molecule has 17 heavy (non-hydrogen) atoms. The molecule has 1 aromatic rings. The maximum Gasteiger partial charge on any atom is 0.344 e. The van der Waals surface area contributed by atoms with Crippen LogP contribution in [0.2, 0.25) is 0 Å². The van der Waals surface area contributed by atoms with E-state index in [9.17, 15) is 4.79 Å². The summed E-state index contributed by atoms with van der Waals surface area (Å²) in [7, 11) is 0. The molecule has 4 nitrogen and oxygen atoms in total. The molecule has 0 N–H and O–H groups in total. The molecule has 0 aliphatic heterocycles. The Morgan fingerprint density at radius 3 is 2.29 bits per heavy atom. The van der Waals surface area contributed by atoms with E-state index in [0.717, 1.165) is 0 Å². The Kier molecular flexibility index (Phi) is 5.33. The summed E-state index contributed by atoms with van der Waals surface area (Å²) < 4.78 is 15.7. The summed E-state index contributed by atoms with van der Waals surface area (Å²) in [6.07, 6.45) is -0.131. The van der Waals surface area contributed by atoms with Crippen molar-refractivity contribution in [3.63, 3.8) is 0 Å². The molecular formula is C13H18O4. The quantitative estimate of drug-likeness (QED) is 0.714. The van der Waals surface area contributed by atoms with E-state index < -0.39 is 0 Å². The van der Waals surface area contributed by atoms with Gasteiger partial charge in [0.25, 0.3) is 0 Å². The first-order chi connectivity index (χ1) is 8.13. The van der Waals surface area contributed by atoms with E-state index in [-0.39, 0.29) is 18.7 Å². The highest BCUT2D eigenvalue weighted by molar-refractivity contribution is 5.71. The minimum atomic E-state index is -0.383. The van der Waals surface area contributed by atoms with Crippen molar-refractivity contribution >= 4 is 5.97 Å². The fourth-order valence-electron chi connectivity index (χ4n) is 1.28. The van der Waals surface area contributed by atoms with Crippen molar-refractivity contribution in [1.82, 2.24) is 0 Å². The maximum atomic E-state index is 11.3. The van der Waals surface area contributed by atoms with Crippen molar-refractivity contribution in [1.29, 1.82) is 0 Å². The Bertz CT molecular complexity index is 360. The number of carbonyl (C=O) groups is 1. The third-order valence-corrected chi connectivity index (χ3v) is 1.86. The molecule has 0 radical (unpaired) electrons. The molecule has 0 aliphatic rings. The lowest BCUT2D eigenvalue weighted by Crippen LogP contribution is -2.18. The number of hydrogen-bond donors (Lipinski definition) is 0. The van der Waals surface area contributed by atoms with E-state index in [1.165, 1.54) is 0 Å². The van der Waals surface area contributed by atoms with Crippen LogP contribution in [0.3, 0.4) is 0 Å². The van der Waals surface area contributed by atoms with Gasteiger partial charge in [0.05, 0.1) is 12.7 Å². The number of esters is 1. The summed E-state index contributed by atoms with van der Waals surface area (Å²) >= 11 is 0. The monoisotopic (exact) mass is 238 g/mol. The highest BCUT2D eigenvalue weighted by Crippen LogP contribution is 2.26. The summed E-state index contributed by atoms with van der Waals surface area (Å²) in [5, 5.41) is 0. The first-order valence-electron chi connectivity index (χ1n) is 5.67. The van der Waals surface area contributed by atoms with Crippen molar-refractivity contribution in [2.24, 2.45) is 0 Å². The van der Waals surface area contributed by atoms with Crippen LogP contribution in [0, 0.1) is 0 Å². The third-order valence-electron chi connectivity index (χ3n) is 1.86. The SMILES string of the molecule is CCOc1ccccc1OCC(=O)OC(C)C. The van der Waals surface area contributed by atoms with Gasteiger partial charge in [-0.15, -0.1) is 0 Å². The molecule has 0 amide bonds. The van der Waals surface area contributed by atoms with Crippen LogP contribution in [0.4, 0.5) is 0 Å². The molecular weight excluding hydrogens is 220 g/mol. The van der Waals surface area contributed by atoms with Gasteiger partial charge in [-0.1, -0.05) is 12.1 Å². The van der Waals surface area contributed by atoms with E-state index in [1.54, 1.807) is 26.0 Å². The van der Waals surface area contributed by atoms with Crippen molar-refractivity contribution in [3.05, 3.63) is 24.3 Å². The lowest BCUT2D eigenvalue weighted by Gasteiger charge is -2.12. The Hall–Kier alpha value is -1.71. The number of carbonyl (C=O) groups excluding carboxylic acids is 1. The van der Waals surface area contributed by atoms with E-state index in [4.69, 9.17) is 14.2 Å². The number of benzene rings is 1. The summed E-state index contributed by atoms with van der Waals surface area (Å²) in [4.78, 5) is 11.3. The smallest absolute Gasteiger partial charge is 0.344 e. The lowest BCUT2D eigenvalue weighted by molar-refractivity contribution is -0.149. The molecule has 0 bridgehead atoms. The molecule has 0 unspecified atom stereocenters. The molecule has 94 valence electrons. The van der Waals surface area contributed by atoms with Gasteiger partial charge in [0, 0.05) is 0 Å². The first kappa shape index (κ1) is 13.4. The number of para-hydroxylation sites is 2. The lowest BCUT2D eigenvalue weighted by atomic mass is 10.3. The highest BCUT2D eigenvalue weighted by Gasteiger charge is 2.09. The van der Waals surface area contributed by atoms with Gasteiger partial charge < -0.3 is 14.2 Å². The summed E-state index contributed by atoms with van der Waals surface area (Å²) in [5.74, 6) is 0.800. The zero-order valence-electron chi connectivity index (χ0n) is 10.4. The normalized spacial score (nSPS) is 10.1. The molecule has 4 heteroatoms. The second-order valence-corrected chi connectivity index (χ2v) is 3.71. The number of hydrogen-bond acceptors (Lipinski definition) is 4. The van der Waals surface area contributed by atoms with Crippen LogP contribution in [-0.2, 0) is 9.53 Å². The predicted molar refractivity (Wildman–Crippen MR) is 64.3 cm³/mol. The molecule has 1 rings (SSSR count). The molecule has 0 spiro atoms. The van der Waals surface area contributed by atoms with Gasteiger partial charge >= 0.3 is 5.97 Å². The summed E-state index contributed by atoms with van der Waals surface area (Å²) in [6.45, 7) is 5.93. The van der Waals surface area contributed by atoms with Crippen molar-refractivity contribution in [2.45, 2.75) is 26.9 Å². The second kappa shape index (κ2) is 6.78. The van der Waals surface area contributed by atoms with Crippen LogP contribution in [0.1, 0.15) is 20.8 Å². The van der Waals surface area contributed by atoms with Gasteiger partial charge in [0.2, 0.25) is 0 Å². The molecule has 1 aromatic carbocycles. The van der Waals surface area contributed by atoms with E-state index in [1.807, 2.05) is 19.1 Å². The molecule has 0 atom stereocenters. The van der Waals surface area contributed by atoms with Gasteiger partial charge in [-0.25, -0.2) is 4.79 Å². The number of rotatable bonds is 6. The number of ether oxygens (including phenoxy) is 3. The zero-order valence-corrected chi connectivity index (χ0v) is 10.4. The van der Waals surface area contributed by atoms with Crippen molar-refractivity contribution in [2.75, 3.05) is 13.2 Å². The Morgan fingerprint density at radius 2 is 1.76 bits per heavy atom. The van der Waals surface area contributed by atoms with Crippen LogP contribution in [0.5, 0.6) is 11.5 Å². The average molecular weight is 238 g/mol. The van der Waals surface area contributed by atoms with Crippen molar-refractivity contribution < 1.29 is 19.0 Å². The average Bonchev–Trinajstić information content (AvgIpc) is 2.27. The van der Waals surface area contributed by atoms with Crippen LogP contribution in [0.25, 0.3) is 0 Å². The Balaban J connectivity index is 2.53.